The number of hydrazone groups is 1. The molecule has 25 heavy (non-hydrogen) atoms. The second-order valence-electron chi connectivity index (χ2n) is 4.91. The Bertz CT molecular complexity index is 981. The van der Waals surface area contributed by atoms with Crippen LogP contribution in [0.5, 0.6) is 0 Å². The summed E-state index contributed by atoms with van der Waals surface area (Å²) < 4.78 is 28.3. The number of para-hydroxylation sites is 1. The predicted molar refractivity (Wildman–Crippen MR) is 95.8 cm³/mol. The maximum Gasteiger partial charge on any atom is 0.324 e. The van der Waals surface area contributed by atoms with Gasteiger partial charge in [-0.3, -0.25) is 10.1 Å². The number of guanidine groups is 1. The van der Waals surface area contributed by atoms with Crippen molar-refractivity contribution in [3.8, 4) is 0 Å². The number of nitrogens with zero attached hydrogens (tertiary/aromatic N) is 4. The molecule has 2 aromatic rings. The zero-order chi connectivity index (χ0) is 18.0. The van der Waals surface area contributed by atoms with Gasteiger partial charge in [-0.25, -0.2) is 5.43 Å². The van der Waals surface area contributed by atoms with Crippen molar-refractivity contribution in [2.24, 2.45) is 9.50 Å². The SMILES string of the molecule is CCN1C(N/N=C\c2ccc([N+](=O)[O-])s2)=NS(=O)(=O)c2ccccc21. The van der Waals surface area contributed by atoms with Crippen LogP contribution in [0, 0.1) is 10.1 Å². The number of hydrogen-bond acceptors (Lipinski definition) is 8. The van der Waals surface area contributed by atoms with E-state index in [-0.39, 0.29) is 15.9 Å². The minimum Gasteiger partial charge on any atom is -0.309 e. The van der Waals surface area contributed by atoms with Crippen molar-refractivity contribution >= 4 is 44.2 Å². The van der Waals surface area contributed by atoms with E-state index in [1.807, 2.05) is 6.92 Å². The van der Waals surface area contributed by atoms with E-state index in [9.17, 15) is 18.5 Å². The number of nitro groups is 1. The first-order chi connectivity index (χ1) is 11.9. The molecule has 1 N–H and O–H groups in total. The highest BCUT2D eigenvalue weighted by molar-refractivity contribution is 7.90. The summed E-state index contributed by atoms with van der Waals surface area (Å²) in [7, 11) is -3.81. The van der Waals surface area contributed by atoms with Gasteiger partial charge >= 0.3 is 5.00 Å². The fourth-order valence-electron chi connectivity index (χ4n) is 2.29. The van der Waals surface area contributed by atoms with Gasteiger partial charge in [0.2, 0.25) is 5.96 Å². The van der Waals surface area contributed by atoms with Gasteiger partial charge in [0.05, 0.1) is 21.7 Å². The van der Waals surface area contributed by atoms with Gasteiger partial charge in [0.15, 0.2) is 0 Å². The molecule has 1 aromatic heterocycles. The summed E-state index contributed by atoms with van der Waals surface area (Å²) in [4.78, 5) is 12.6. The van der Waals surface area contributed by atoms with Gasteiger partial charge in [-0.2, -0.15) is 13.5 Å². The van der Waals surface area contributed by atoms with Crippen molar-refractivity contribution in [1.29, 1.82) is 0 Å². The molecule has 9 nitrogen and oxygen atoms in total. The molecule has 1 aliphatic heterocycles. The Morgan fingerprint density at radius 3 is 2.80 bits per heavy atom. The average molecular weight is 379 g/mol. The van der Waals surface area contributed by atoms with Gasteiger partial charge in [-0.05, 0) is 25.1 Å². The fourth-order valence-corrected chi connectivity index (χ4v) is 4.14. The Morgan fingerprint density at radius 2 is 2.12 bits per heavy atom. The Kier molecular flexibility index (Phi) is 4.51. The lowest BCUT2D eigenvalue weighted by Gasteiger charge is -2.28. The molecule has 1 aromatic carbocycles. The first-order valence-corrected chi connectivity index (χ1v) is 9.43. The van der Waals surface area contributed by atoms with Crippen LogP contribution in [0.2, 0.25) is 0 Å². The Morgan fingerprint density at radius 1 is 1.36 bits per heavy atom. The lowest BCUT2D eigenvalue weighted by molar-refractivity contribution is -0.380. The van der Waals surface area contributed by atoms with Gasteiger partial charge < -0.3 is 4.90 Å². The normalized spacial score (nSPS) is 15.7. The van der Waals surface area contributed by atoms with Gasteiger partial charge in [0, 0.05) is 12.6 Å². The van der Waals surface area contributed by atoms with E-state index in [4.69, 9.17) is 0 Å². The standard InChI is InChI=1S/C14H13N5O4S2/c1-2-18-11-5-3-4-6-12(11)25(22,23)17-14(18)16-15-9-10-7-8-13(24-10)19(20)21/h3-9H,2H2,1H3,(H,16,17)/b15-9-. The highest BCUT2D eigenvalue weighted by Gasteiger charge is 2.29. The quantitative estimate of drug-likeness (QED) is 0.494. The summed E-state index contributed by atoms with van der Waals surface area (Å²) in [5, 5.41) is 14.6. The number of anilines is 1. The maximum absolute atomic E-state index is 12.3. The molecule has 11 heteroatoms. The molecule has 0 radical (unpaired) electrons. The molecule has 3 rings (SSSR count). The molecule has 0 bridgehead atoms. The van der Waals surface area contributed by atoms with Crippen LogP contribution in [-0.4, -0.2) is 32.1 Å². The molecule has 0 unspecified atom stereocenters. The molecule has 0 atom stereocenters. The largest absolute Gasteiger partial charge is 0.324 e. The number of hydrogen-bond donors (Lipinski definition) is 1. The molecule has 0 amide bonds. The van der Waals surface area contributed by atoms with E-state index in [2.05, 4.69) is 14.9 Å². The van der Waals surface area contributed by atoms with Crippen molar-refractivity contribution in [2.45, 2.75) is 11.8 Å². The number of nitrogens with one attached hydrogen (secondary N) is 1. The number of sulfonamides is 1. The van der Waals surface area contributed by atoms with Crippen molar-refractivity contribution < 1.29 is 13.3 Å². The Hall–Kier alpha value is -2.79. The van der Waals surface area contributed by atoms with E-state index in [0.29, 0.717) is 17.1 Å². The van der Waals surface area contributed by atoms with Gasteiger partial charge in [0.1, 0.15) is 4.90 Å². The third-order valence-corrected chi connectivity index (χ3v) is 5.65. The summed E-state index contributed by atoms with van der Waals surface area (Å²) in [6.45, 7) is 2.34. The van der Waals surface area contributed by atoms with Crippen LogP contribution in [0.4, 0.5) is 10.7 Å². The molecule has 0 saturated heterocycles. The number of rotatable bonds is 4. The zero-order valence-electron chi connectivity index (χ0n) is 13.0. The topological polar surface area (TPSA) is 117 Å². The summed E-state index contributed by atoms with van der Waals surface area (Å²) in [6, 6.07) is 9.51. The summed E-state index contributed by atoms with van der Waals surface area (Å²) in [6.07, 6.45) is 1.38. The monoisotopic (exact) mass is 379 g/mol. The second kappa shape index (κ2) is 6.61. The van der Waals surface area contributed by atoms with E-state index < -0.39 is 14.9 Å². The molecular weight excluding hydrogens is 366 g/mol. The molecule has 2 heterocycles. The molecule has 0 saturated carbocycles. The summed E-state index contributed by atoms with van der Waals surface area (Å²) in [5.74, 6) is 0.0727. The number of benzene rings is 1. The van der Waals surface area contributed by atoms with Crippen molar-refractivity contribution in [3.05, 3.63) is 51.4 Å². The van der Waals surface area contributed by atoms with Gasteiger partial charge in [-0.15, -0.1) is 4.40 Å². The number of fused-ring (bicyclic) bond motifs is 1. The highest BCUT2D eigenvalue weighted by Crippen LogP contribution is 2.30. The minimum atomic E-state index is -3.81. The number of thiophene rings is 1. The molecule has 0 fully saturated rings. The van der Waals surface area contributed by atoms with Crippen LogP contribution in [0.3, 0.4) is 0 Å². The fraction of sp³-hybridized carbons (Fsp3) is 0.143. The van der Waals surface area contributed by atoms with E-state index >= 15 is 0 Å². The maximum atomic E-state index is 12.3. The average Bonchev–Trinajstić information content (AvgIpc) is 3.04. The second-order valence-corrected chi connectivity index (χ2v) is 7.57. The van der Waals surface area contributed by atoms with Crippen LogP contribution in [0.15, 0.2) is 50.8 Å². The van der Waals surface area contributed by atoms with E-state index in [1.165, 1.54) is 18.3 Å². The molecule has 0 aliphatic carbocycles. The Balaban J connectivity index is 1.85. The molecular formula is C14H13N5O4S2. The highest BCUT2D eigenvalue weighted by atomic mass is 32.2. The molecule has 0 spiro atoms. The van der Waals surface area contributed by atoms with Crippen LogP contribution >= 0.6 is 11.3 Å². The molecule has 1 aliphatic rings. The van der Waals surface area contributed by atoms with Crippen molar-refractivity contribution in [1.82, 2.24) is 5.43 Å². The smallest absolute Gasteiger partial charge is 0.309 e. The summed E-state index contributed by atoms with van der Waals surface area (Å²) >= 11 is 0.962. The van der Waals surface area contributed by atoms with Gasteiger partial charge in [-0.1, -0.05) is 23.5 Å². The van der Waals surface area contributed by atoms with Crippen LogP contribution in [-0.2, 0) is 10.0 Å². The first kappa shape index (κ1) is 17.0. The lowest BCUT2D eigenvalue weighted by Crippen LogP contribution is -2.42. The van der Waals surface area contributed by atoms with Crippen molar-refractivity contribution in [2.75, 3.05) is 11.4 Å². The zero-order valence-corrected chi connectivity index (χ0v) is 14.6. The third kappa shape index (κ3) is 3.37. The Labute approximate surface area is 147 Å². The van der Waals surface area contributed by atoms with Gasteiger partial charge in [0.25, 0.3) is 10.0 Å². The van der Waals surface area contributed by atoms with Crippen LogP contribution < -0.4 is 10.3 Å². The first-order valence-electron chi connectivity index (χ1n) is 7.17. The van der Waals surface area contributed by atoms with E-state index in [1.54, 1.807) is 29.2 Å². The molecule has 130 valence electrons. The lowest BCUT2D eigenvalue weighted by atomic mass is 10.3. The van der Waals surface area contributed by atoms with Crippen molar-refractivity contribution in [3.63, 3.8) is 0 Å². The van der Waals surface area contributed by atoms with Crippen LogP contribution in [0.25, 0.3) is 0 Å². The minimum absolute atomic E-state index is 0.00291. The summed E-state index contributed by atoms with van der Waals surface area (Å²) in [5.41, 5.74) is 3.13. The third-order valence-electron chi connectivity index (χ3n) is 3.36. The van der Waals surface area contributed by atoms with E-state index in [0.717, 1.165) is 11.3 Å². The predicted octanol–water partition coefficient (Wildman–Crippen LogP) is 2.16. The van der Waals surface area contributed by atoms with Crippen LogP contribution in [0.1, 0.15) is 11.8 Å².